The lowest BCUT2D eigenvalue weighted by atomic mass is 10.2. The van der Waals surface area contributed by atoms with Crippen LogP contribution in [0.4, 0.5) is 11.5 Å². The van der Waals surface area contributed by atoms with E-state index >= 15 is 0 Å². The average molecular weight is 463 g/mol. The first kappa shape index (κ1) is 20.1. The highest BCUT2D eigenvalue weighted by Crippen LogP contribution is 2.27. The molecule has 9 heteroatoms. The summed E-state index contributed by atoms with van der Waals surface area (Å²) in [5.41, 5.74) is 1.68. The van der Waals surface area contributed by atoms with Crippen molar-refractivity contribution >= 4 is 43.4 Å². The molecule has 28 heavy (non-hydrogen) atoms. The minimum atomic E-state index is -3.86. The summed E-state index contributed by atoms with van der Waals surface area (Å²) in [4.78, 5) is 12.9. The van der Waals surface area contributed by atoms with Gasteiger partial charge in [0, 0.05) is 18.6 Å². The minimum absolute atomic E-state index is 0.138. The van der Waals surface area contributed by atoms with Crippen molar-refractivity contribution in [2.75, 3.05) is 16.7 Å². The van der Waals surface area contributed by atoms with Crippen LogP contribution in [-0.2, 0) is 17.1 Å². The van der Waals surface area contributed by atoms with E-state index in [1.54, 1.807) is 49.5 Å². The van der Waals surface area contributed by atoms with Crippen LogP contribution < -0.4 is 9.62 Å². The van der Waals surface area contributed by atoms with Crippen LogP contribution in [0.3, 0.4) is 0 Å². The highest BCUT2D eigenvalue weighted by molar-refractivity contribution is 9.10. The van der Waals surface area contributed by atoms with E-state index in [-0.39, 0.29) is 16.3 Å². The van der Waals surface area contributed by atoms with Crippen LogP contribution in [0.15, 0.2) is 64.1 Å². The van der Waals surface area contributed by atoms with Gasteiger partial charge in [-0.3, -0.25) is 13.8 Å². The predicted molar refractivity (Wildman–Crippen MR) is 112 cm³/mol. The summed E-state index contributed by atoms with van der Waals surface area (Å²) in [6.07, 6.45) is 1.35. The van der Waals surface area contributed by atoms with Crippen LogP contribution in [0.5, 0.6) is 0 Å². The fourth-order valence-corrected chi connectivity index (χ4v) is 4.32. The summed E-state index contributed by atoms with van der Waals surface area (Å²) in [7, 11) is -0.862. The van der Waals surface area contributed by atoms with Crippen LogP contribution in [-0.4, -0.2) is 31.2 Å². The normalized spacial score (nSPS) is 11.3. The fraction of sp³-hybridized carbons (Fsp3) is 0.158. The molecule has 0 aliphatic carbocycles. The first-order valence-corrected chi connectivity index (χ1v) is 10.6. The van der Waals surface area contributed by atoms with Crippen LogP contribution >= 0.6 is 15.9 Å². The number of hydrogen-bond donors (Lipinski definition) is 1. The summed E-state index contributed by atoms with van der Waals surface area (Å²) in [6.45, 7) is 1.88. The minimum Gasteiger partial charge on any atom is -0.321 e. The van der Waals surface area contributed by atoms with E-state index in [1.165, 1.54) is 17.9 Å². The Hall–Kier alpha value is -2.65. The van der Waals surface area contributed by atoms with Crippen LogP contribution in [0.25, 0.3) is 0 Å². The third kappa shape index (κ3) is 3.81. The van der Waals surface area contributed by atoms with Gasteiger partial charge in [0.15, 0.2) is 5.82 Å². The van der Waals surface area contributed by atoms with Gasteiger partial charge < -0.3 is 5.32 Å². The third-order valence-corrected chi connectivity index (χ3v) is 6.71. The van der Waals surface area contributed by atoms with Crippen molar-refractivity contribution in [3.8, 4) is 0 Å². The van der Waals surface area contributed by atoms with Gasteiger partial charge in [0.2, 0.25) is 0 Å². The molecule has 146 valence electrons. The molecule has 0 unspecified atom stereocenters. The molecule has 1 heterocycles. The molecular weight excluding hydrogens is 444 g/mol. The molecule has 1 aromatic heterocycles. The Bertz CT molecular complexity index is 1120. The fourth-order valence-electron chi connectivity index (χ4n) is 2.70. The molecular formula is C19H19BrN4O3S. The van der Waals surface area contributed by atoms with E-state index < -0.39 is 15.9 Å². The van der Waals surface area contributed by atoms with Gasteiger partial charge in [-0.1, -0.05) is 29.8 Å². The van der Waals surface area contributed by atoms with Gasteiger partial charge in [0.1, 0.15) is 5.56 Å². The highest BCUT2D eigenvalue weighted by Gasteiger charge is 2.28. The second-order valence-electron chi connectivity index (χ2n) is 6.23. The number of anilines is 2. The molecule has 0 atom stereocenters. The molecule has 0 aliphatic rings. The second-order valence-corrected chi connectivity index (χ2v) is 9.05. The maximum atomic E-state index is 13.0. The number of halogens is 1. The zero-order valence-electron chi connectivity index (χ0n) is 15.5. The van der Waals surface area contributed by atoms with Crippen molar-refractivity contribution in [1.82, 2.24) is 9.78 Å². The zero-order chi connectivity index (χ0) is 20.5. The summed E-state index contributed by atoms with van der Waals surface area (Å²) >= 11 is 3.38. The van der Waals surface area contributed by atoms with Crippen molar-refractivity contribution in [1.29, 1.82) is 0 Å². The third-order valence-electron chi connectivity index (χ3n) is 4.25. The predicted octanol–water partition coefficient (Wildman–Crippen LogP) is 3.57. The van der Waals surface area contributed by atoms with E-state index in [0.29, 0.717) is 5.69 Å². The summed E-state index contributed by atoms with van der Waals surface area (Å²) in [5.74, 6) is -0.286. The monoisotopic (exact) mass is 462 g/mol. The smallest absolute Gasteiger partial charge is 0.265 e. The van der Waals surface area contributed by atoms with Gasteiger partial charge in [-0.2, -0.15) is 5.10 Å². The van der Waals surface area contributed by atoms with E-state index in [2.05, 4.69) is 26.3 Å². The molecule has 0 saturated heterocycles. The lowest BCUT2D eigenvalue weighted by molar-refractivity contribution is 0.102. The number of amides is 1. The molecule has 0 fully saturated rings. The lowest BCUT2D eigenvalue weighted by Crippen LogP contribution is -2.30. The van der Waals surface area contributed by atoms with Gasteiger partial charge in [0.05, 0.1) is 16.8 Å². The largest absolute Gasteiger partial charge is 0.321 e. The van der Waals surface area contributed by atoms with Crippen molar-refractivity contribution < 1.29 is 13.2 Å². The number of hydrogen-bond acceptors (Lipinski definition) is 4. The van der Waals surface area contributed by atoms with Crippen molar-refractivity contribution in [3.63, 3.8) is 0 Å². The Kier molecular flexibility index (Phi) is 5.57. The number of aryl methyl sites for hydroxylation is 2. The standard InChI is InChI=1S/C19H19BrN4O3S/c1-13-8-10-14(11-9-13)28(26,27)24(3)19-15(12-21-23(19)2)18(25)22-17-7-5-4-6-16(17)20/h4-12H,1-3H3,(H,22,25). The Morgan fingerprint density at radius 1 is 1.14 bits per heavy atom. The van der Waals surface area contributed by atoms with Crippen molar-refractivity contribution in [3.05, 3.63) is 70.3 Å². The molecule has 1 amide bonds. The molecule has 0 radical (unpaired) electrons. The molecule has 3 aromatic rings. The SMILES string of the molecule is Cc1ccc(S(=O)(=O)N(C)c2c(C(=O)Nc3ccccc3Br)cnn2C)cc1. The number of sulfonamides is 1. The summed E-state index contributed by atoms with van der Waals surface area (Å²) < 4.78 is 29.2. The van der Waals surface area contributed by atoms with Crippen molar-refractivity contribution in [2.24, 2.45) is 7.05 Å². The number of para-hydroxylation sites is 1. The number of aromatic nitrogens is 2. The maximum Gasteiger partial charge on any atom is 0.265 e. The van der Waals surface area contributed by atoms with Gasteiger partial charge >= 0.3 is 0 Å². The number of rotatable bonds is 5. The zero-order valence-corrected chi connectivity index (χ0v) is 18.0. The van der Waals surface area contributed by atoms with E-state index in [1.807, 2.05) is 13.0 Å². The molecule has 0 bridgehead atoms. The van der Waals surface area contributed by atoms with Gasteiger partial charge in [-0.25, -0.2) is 8.42 Å². The summed E-state index contributed by atoms with van der Waals surface area (Å²) in [5, 5.41) is 6.86. The number of benzene rings is 2. The molecule has 2 aromatic carbocycles. The maximum absolute atomic E-state index is 13.0. The Morgan fingerprint density at radius 2 is 1.79 bits per heavy atom. The molecule has 7 nitrogen and oxygen atoms in total. The molecule has 0 aliphatic heterocycles. The first-order chi connectivity index (χ1) is 13.2. The Morgan fingerprint density at radius 3 is 2.43 bits per heavy atom. The Balaban J connectivity index is 1.97. The van der Waals surface area contributed by atoms with E-state index in [0.717, 1.165) is 14.3 Å². The number of nitrogens with zero attached hydrogens (tertiary/aromatic N) is 3. The average Bonchev–Trinajstić information content (AvgIpc) is 3.04. The second kappa shape index (κ2) is 7.76. The van der Waals surface area contributed by atoms with Gasteiger partial charge in [-0.15, -0.1) is 0 Å². The quantitative estimate of drug-likeness (QED) is 0.627. The van der Waals surface area contributed by atoms with E-state index in [9.17, 15) is 13.2 Å². The highest BCUT2D eigenvalue weighted by atomic mass is 79.9. The number of carbonyl (C=O) groups is 1. The number of carbonyl (C=O) groups excluding carboxylic acids is 1. The molecule has 1 N–H and O–H groups in total. The van der Waals surface area contributed by atoms with Gasteiger partial charge in [0.25, 0.3) is 15.9 Å². The summed E-state index contributed by atoms with van der Waals surface area (Å²) in [6, 6.07) is 13.7. The molecule has 3 rings (SSSR count). The van der Waals surface area contributed by atoms with Crippen LogP contribution in [0, 0.1) is 6.92 Å². The van der Waals surface area contributed by atoms with Gasteiger partial charge in [-0.05, 0) is 47.1 Å². The topological polar surface area (TPSA) is 84.3 Å². The molecule has 0 saturated carbocycles. The lowest BCUT2D eigenvalue weighted by Gasteiger charge is -2.21. The van der Waals surface area contributed by atoms with Crippen LogP contribution in [0.1, 0.15) is 15.9 Å². The van der Waals surface area contributed by atoms with Crippen molar-refractivity contribution in [2.45, 2.75) is 11.8 Å². The number of nitrogens with one attached hydrogen (secondary N) is 1. The van der Waals surface area contributed by atoms with Crippen LogP contribution in [0.2, 0.25) is 0 Å². The molecule has 0 spiro atoms. The first-order valence-electron chi connectivity index (χ1n) is 8.35. The Labute approximate surface area is 172 Å². The van der Waals surface area contributed by atoms with E-state index in [4.69, 9.17) is 0 Å².